The monoisotopic (exact) mass is 255 g/mol. The molecule has 0 atom stereocenters. The third kappa shape index (κ3) is 3.34. The molecule has 1 fully saturated rings. The summed E-state index contributed by atoms with van der Waals surface area (Å²) in [4.78, 5) is 4.61. The van der Waals surface area contributed by atoms with Gasteiger partial charge in [-0.2, -0.15) is 0 Å². The first-order valence-electron chi connectivity index (χ1n) is 5.60. The molecule has 0 bridgehead atoms. The van der Waals surface area contributed by atoms with Crippen LogP contribution in [-0.2, 0) is 10.9 Å². The summed E-state index contributed by atoms with van der Waals surface area (Å²) in [6.07, 6.45) is 0. The maximum atomic E-state index is 10.5. The fourth-order valence-corrected chi connectivity index (χ4v) is 2.28. The summed E-state index contributed by atoms with van der Waals surface area (Å²) in [6.45, 7) is 4.15. The molecular formula is C11H17N3O2S. The molecule has 1 heterocycles. The van der Waals surface area contributed by atoms with Crippen molar-refractivity contribution < 1.29 is 8.42 Å². The van der Waals surface area contributed by atoms with E-state index < -0.39 is 10.9 Å². The van der Waals surface area contributed by atoms with Crippen LogP contribution in [0.1, 0.15) is 0 Å². The number of likely N-dealkylation sites (N-methyl/N-ethyl adjacent to an activating group) is 1. The van der Waals surface area contributed by atoms with Gasteiger partial charge in [-0.3, -0.25) is 4.72 Å². The average Bonchev–Trinajstić information content (AvgIpc) is 2.30. The number of thiol groups is 1. The van der Waals surface area contributed by atoms with Crippen molar-refractivity contribution in [2.45, 2.75) is 0 Å². The van der Waals surface area contributed by atoms with Gasteiger partial charge in [-0.05, 0) is 31.3 Å². The molecule has 94 valence electrons. The minimum absolute atomic E-state index is 0.610. The SMILES string of the molecule is CN1CCN(c2ccc(N[SH](=O)=O)cc2)CC1. The maximum Gasteiger partial charge on any atom is 0.222 e. The van der Waals surface area contributed by atoms with Crippen LogP contribution in [0.3, 0.4) is 0 Å². The number of hydrogen-bond donors (Lipinski definition) is 2. The smallest absolute Gasteiger partial charge is 0.222 e. The van der Waals surface area contributed by atoms with Crippen molar-refractivity contribution >= 4 is 22.3 Å². The molecule has 0 aromatic heterocycles. The zero-order chi connectivity index (χ0) is 12.3. The Kier molecular flexibility index (Phi) is 3.86. The van der Waals surface area contributed by atoms with Gasteiger partial charge in [0.25, 0.3) is 0 Å². The number of anilines is 2. The molecule has 0 aliphatic carbocycles. The topological polar surface area (TPSA) is 52.6 Å². The summed E-state index contributed by atoms with van der Waals surface area (Å²) in [7, 11) is -0.457. The van der Waals surface area contributed by atoms with Crippen LogP contribution in [-0.4, -0.2) is 46.5 Å². The van der Waals surface area contributed by atoms with Crippen LogP contribution in [0.2, 0.25) is 0 Å². The van der Waals surface area contributed by atoms with Crippen LogP contribution in [0.5, 0.6) is 0 Å². The Bertz CT molecular complexity index is 429. The first-order chi connectivity index (χ1) is 8.15. The van der Waals surface area contributed by atoms with E-state index in [2.05, 4.69) is 21.6 Å². The number of benzene rings is 1. The minimum atomic E-state index is -2.58. The standard InChI is InChI=1S/C11H17N3O2S/c1-13-6-8-14(9-7-13)11-4-2-10(3-5-11)12-17(15)16/h2-5,17H,6-9H2,1H3,(H,12,15,16). The highest BCUT2D eigenvalue weighted by atomic mass is 32.2. The van der Waals surface area contributed by atoms with Crippen LogP contribution in [0.15, 0.2) is 24.3 Å². The van der Waals surface area contributed by atoms with Crippen LogP contribution >= 0.6 is 0 Å². The van der Waals surface area contributed by atoms with E-state index in [9.17, 15) is 8.42 Å². The second-order valence-corrected chi connectivity index (χ2v) is 4.94. The van der Waals surface area contributed by atoms with E-state index in [1.807, 2.05) is 12.1 Å². The molecule has 1 aromatic carbocycles. The summed E-state index contributed by atoms with van der Waals surface area (Å²) in [6, 6.07) is 7.48. The Balaban J connectivity index is 2.02. The van der Waals surface area contributed by atoms with Gasteiger partial charge in [0, 0.05) is 37.6 Å². The number of piperazine rings is 1. The molecule has 5 nitrogen and oxygen atoms in total. The molecule has 0 amide bonds. The molecule has 0 saturated carbocycles. The Morgan fingerprint density at radius 2 is 1.65 bits per heavy atom. The van der Waals surface area contributed by atoms with Crippen molar-refractivity contribution in [1.29, 1.82) is 0 Å². The quantitative estimate of drug-likeness (QED) is 0.767. The molecule has 0 radical (unpaired) electrons. The normalized spacial score (nSPS) is 17.4. The number of nitrogens with one attached hydrogen (secondary N) is 1. The van der Waals surface area contributed by atoms with Gasteiger partial charge >= 0.3 is 0 Å². The Morgan fingerprint density at radius 3 is 2.18 bits per heavy atom. The van der Waals surface area contributed by atoms with E-state index in [-0.39, 0.29) is 0 Å². The van der Waals surface area contributed by atoms with Crippen LogP contribution in [0, 0.1) is 0 Å². The van der Waals surface area contributed by atoms with Crippen molar-refractivity contribution in [2.75, 3.05) is 42.8 Å². The summed E-state index contributed by atoms with van der Waals surface area (Å²) < 4.78 is 23.4. The fourth-order valence-electron chi connectivity index (χ4n) is 1.92. The lowest BCUT2D eigenvalue weighted by atomic mass is 10.2. The van der Waals surface area contributed by atoms with E-state index in [4.69, 9.17) is 0 Å². The van der Waals surface area contributed by atoms with Gasteiger partial charge in [0.05, 0.1) is 0 Å². The zero-order valence-corrected chi connectivity index (χ0v) is 10.7. The zero-order valence-electron chi connectivity index (χ0n) is 9.80. The van der Waals surface area contributed by atoms with Crippen molar-refractivity contribution in [3.8, 4) is 0 Å². The van der Waals surface area contributed by atoms with Crippen molar-refractivity contribution in [2.24, 2.45) is 0 Å². The fraction of sp³-hybridized carbons (Fsp3) is 0.455. The summed E-state index contributed by atoms with van der Waals surface area (Å²) in [5.41, 5.74) is 1.75. The maximum absolute atomic E-state index is 10.5. The van der Waals surface area contributed by atoms with Gasteiger partial charge in [0.15, 0.2) is 0 Å². The van der Waals surface area contributed by atoms with E-state index in [0.717, 1.165) is 31.9 Å². The van der Waals surface area contributed by atoms with Gasteiger partial charge in [-0.25, -0.2) is 8.42 Å². The lowest BCUT2D eigenvalue weighted by molar-refractivity contribution is 0.313. The molecule has 1 N–H and O–H groups in total. The second kappa shape index (κ2) is 5.37. The Morgan fingerprint density at radius 1 is 1.06 bits per heavy atom. The lowest BCUT2D eigenvalue weighted by Crippen LogP contribution is -2.44. The molecule has 2 rings (SSSR count). The van der Waals surface area contributed by atoms with Gasteiger partial charge in [0.2, 0.25) is 10.9 Å². The van der Waals surface area contributed by atoms with Crippen LogP contribution in [0.4, 0.5) is 11.4 Å². The lowest BCUT2D eigenvalue weighted by Gasteiger charge is -2.34. The highest BCUT2D eigenvalue weighted by Gasteiger charge is 2.13. The summed E-state index contributed by atoms with van der Waals surface area (Å²) >= 11 is 0. The van der Waals surface area contributed by atoms with Gasteiger partial charge in [-0.15, -0.1) is 0 Å². The molecule has 6 heteroatoms. The van der Waals surface area contributed by atoms with Gasteiger partial charge in [-0.1, -0.05) is 0 Å². The van der Waals surface area contributed by atoms with Crippen LogP contribution in [0.25, 0.3) is 0 Å². The summed E-state index contributed by atoms with van der Waals surface area (Å²) in [5, 5.41) is 0. The van der Waals surface area contributed by atoms with E-state index in [1.54, 1.807) is 12.1 Å². The van der Waals surface area contributed by atoms with Gasteiger partial charge in [0.1, 0.15) is 0 Å². The van der Waals surface area contributed by atoms with Crippen molar-refractivity contribution in [3.05, 3.63) is 24.3 Å². The molecule has 1 saturated heterocycles. The third-order valence-corrected chi connectivity index (χ3v) is 3.40. The first kappa shape index (κ1) is 12.2. The van der Waals surface area contributed by atoms with E-state index in [1.165, 1.54) is 0 Å². The largest absolute Gasteiger partial charge is 0.369 e. The first-order valence-corrected chi connectivity index (χ1v) is 6.77. The average molecular weight is 255 g/mol. The minimum Gasteiger partial charge on any atom is -0.369 e. The highest BCUT2D eigenvalue weighted by molar-refractivity contribution is 7.73. The van der Waals surface area contributed by atoms with E-state index >= 15 is 0 Å². The van der Waals surface area contributed by atoms with E-state index in [0.29, 0.717) is 5.69 Å². The second-order valence-electron chi connectivity index (χ2n) is 4.21. The number of nitrogens with zero attached hydrogens (tertiary/aromatic N) is 2. The van der Waals surface area contributed by atoms with Crippen LogP contribution < -0.4 is 9.62 Å². The predicted molar refractivity (Wildman–Crippen MR) is 70.1 cm³/mol. The van der Waals surface area contributed by atoms with Crippen molar-refractivity contribution in [3.63, 3.8) is 0 Å². The molecular weight excluding hydrogens is 238 g/mol. The van der Waals surface area contributed by atoms with Crippen molar-refractivity contribution in [1.82, 2.24) is 4.90 Å². The molecule has 1 aliphatic heterocycles. The summed E-state index contributed by atoms with van der Waals surface area (Å²) in [5.74, 6) is 0. The Hall–Kier alpha value is -1.27. The molecule has 17 heavy (non-hydrogen) atoms. The molecule has 1 aromatic rings. The molecule has 1 aliphatic rings. The Labute approximate surface area is 103 Å². The molecule has 0 unspecified atom stereocenters. The van der Waals surface area contributed by atoms with Gasteiger partial charge < -0.3 is 9.80 Å². The third-order valence-electron chi connectivity index (χ3n) is 2.96. The number of rotatable bonds is 3. The molecule has 0 spiro atoms. The predicted octanol–water partition coefficient (Wildman–Crippen LogP) is 0.377. The number of hydrogen-bond acceptors (Lipinski definition) is 4. The highest BCUT2D eigenvalue weighted by Crippen LogP contribution is 2.19.